The van der Waals surface area contributed by atoms with Crippen molar-refractivity contribution in [3.8, 4) is 11.5 Å². The highest BCUT2D eigenvalue weighted by Crippen LogP contribution is 2.37. The number of halogens is 1. The lowest BCUT2D eigenvalue weighted by atomic mass is 9.94. The first kappa shape index (κ1) is 29.0. The minimum atomic E-state index is -0.379. The fourth-order valence-electron chi connectivity index (χ4n) is 4.67. The Kier molecular flexibility index (Phi) is 9.99. The second-order valence-corrected chi connectivity index (χ2v) is 11.2. The van der Waals surface area contributed by atoms with Crippen molar-refractivity contribution in [3.05, 3.63) is 53.0 Å². The molecule has 0 fully saturated rings. The molecule has 37 heavy (non-hydrogen) atoms. The maximum Gasteiger partial charge on any atom is 0.162 e. The quantitative estimate of drug-likeness (QED) is 0.463. The predicted molar refractivity (Wildman–Crippen MR) is 155 cm³/mol. The van der Waals surface area contributed by atoms with Crippen molar-refractivity contribution in [2.75, 3.05) is 45.7 Å². The number of methoxy groups -OCH3 is 1. The number of aromatic nitrogens is 2. The lowest BCUT2D eigenvalue weighted by Gasteiger charge is -2.30. The molecule has 202 valence electrons. The number of likely N-dealkylation sites (N-methyl/N-ethyl adjacent to an activating group) is 1. The van der Waals surface area contributed by atoms with Gasteiger partial charge in [0, 0.05) is 41.8 Å². The SMILES string of the molecule is C=C(Cl)/C(C)=C\C/C1=C(\C)Nc2ncnc3cc(OC)c(cc23)OC(C)(C)CC(C)CNCCN(C)C1. The van der Waals surface area contributed by atoms with Crippen molar-refractivity contribution in [1.29, 1.82) is 0 Å². The first-order valence-corrected chi connectivity index (χ1v) is 13.2. The molecule has 0 amide bonds. The molecule has 3 rings (SSSR count). The summed E-state index contributed by atoms with van der Waals surface area (Å²) in [6, 6.07) is 3.90. The van der Waals surface area contributed by atoms with Crippen molar-refractivity contribution in [2.45, 2.75) is 53.1 Å². The predicted octanol–water partition coefficient (Wildman–Crippen LogP) is 6.13. The van der Waals surface area contributed by atoms with Gasteiger partial charge in [-0.2, -0.15) is 0 Å². The van der Waals surface area contributed by atoms with Crippen LogP contribution >= 0.6 is 11.6 Å². The number of rotatable bonds is 4. The van der Waals surface area contributed by atoms with Gasteiger partial charge in [0.15, 0.2) is 11.5 Å². The van der Waals surface area contributed by atoms with Crippen LogP contribution in [0, 0.1) is 5.92 Å². The van der Waals surface area contributed by atoms with Crippen LogP contribution in [-0.4, -0.2) is 60.8 Å². The first-order valence-electron chi connectivity index (χ1n) is 12.9. The highest BCUT2D eigenvalue weighted by molar-refractivity contribution is 6.31. The number of anilines is 1. The Morgan fingerprint density at radius 3 is 2.81 bits per heavy atom. The van der Waals surface area contributed by atoms with Gasteiger partial charge >= 0.3 is 0 Å². The van der Waals surface area contributed by atoms with Gasteiger partial charge in [-0.05, 0) is 77.3 Å². The average molecular weight is 528 g/mol. The van der Waals surface area contributed by atoms with E-state index in [2.05, 4.69) is 72.9 Å². The standard InChI is InChI=1S/C29H42ClN5O2/c1-19-15-29(5,6)37-27-13-24-25(14-26(27)36-8)32-18-33-28(24)34-22(4)23(10-9-20(2)21(3)30)17-35(7)12-11-31-16-19/h9,13-14,18-19,31H,3,10-12,15-17H2,1-2,4-8H3,(H,32,33,34)/b20-9-,23-22-. The lowest BCUT2D eigenvalue weighted by molar-refractivity contribution is 0.0787. The second-order valence-electron chi connectivity index (χ2n) is 10.7. The van der Waals surface area contributed by atoms with Gasteiger partial charge in [-0.1, -0.05) is 31.2 Å². The summed E-state index contributed by atoms with van der Waals surface area (Å²) >= 11 is 6.13. The minimum Gasteiger partial charge on any atom is -0.493 e. The monoisotopic (exact) mass is 527 g/mol. The van der Waals surface area contributed by atoms with Crippen LogP contribution in [0.3, 0.4) is 0 Å². The molecule has 1 unspecified atom stereocenters. The van der Waals surface area contributed by atoms with E-state index in [4.69, 9.17) is 21.1 Å². The largest absolute Gasteiger partial charge is 0.493 e. The Labute approximate surface area is 227 Å². The smallest absolute Gasteiger partial charge is 0.162 e. The van der Waals surface area contributed by atoms with E-state index in [0.29, 0.717) is 22.4 Å². The number of benzene rings is 1. The summed E-state index contributed by atoms with van der Waals surface area (Å²) in [5.74, 6) is 2.51. The van der Waals surface area contributed by atoms with E-state index in [1.165, 1.54) is 5.57 Å². The number of nitrogens with zero attached hydrogens (tertiary/aromatic N) is 3. The zero-order valence-corrected chi connectivity index (χ0v) is 24.1. The Morgan fingerprint density at radius 1 is 1.35 bits per heavy atom. The van der Waals surface area contributed by atoms with E-state index >= 15 is 0 Å². The molecule has 1 aromatic carbocycles. The van der Waals surface area contributed by atoms with E-state index in [0.717, 1.165) is 67.0 Å². The van der Waals surface area contributed by atoms with Crippen molar-refractivity contribution in [3.63, 3.8) is 0 Å². The molecule has 0 aliphatic carbocycles. The van der Waals surface area contributed by atoms with Gasteiger partial charge in [0.1, 0.15) is 17.7 Å². The molecule has 1 aromatic heterocycles. The molecule has 0 radical (unpaired) electrons. The van der Waals surface area contributed by atoms with Crippen LogP contribution in [0.2, 0.25) is 0 Å². The molecule has 8 heteroatoms. The first-order chi connectivity index (χ1) is 17.5. The van der Waals surface area contributed by atoms with Gasteiger partial charge in [-0.15, -0.1) is 0 Å². The van der Waals surface area contributed by atoms with E-state index < -0.39 is 0 Å². The Morgan fingerprint density at radius 2 is 2.11 bits per heavy atom. The third kappa shape index (κ3) is 8.19. The molecule has 0 saturated carbocycles. The van der Waals surface area contributed by atoms with Crippen molar-refractivity contribution in [2.24, 2.45) is 5.92 Å². The number of hydrogen-bond acceptors (Lipinski definition) is 7. The van der Waals surface area contributed by atoms with E-state index in [-0.39, 0.29) is 5.60 Å². The lowest BCUT2D eigenvalue weighted by Crippen LogP contribution is -2.36. The summed E-state index contributed by atoms with van der Waals surface area (Å²) in [6.45, 7) is 18.0. The highest BCUT2D eigenvalue weighted by Gasteiger charge is 2.25. The molecule has 1 aliphatic heterocycles. The maximum absolute atomic E-state index is 6.55. The third-order valence-electron chi connectivity index (χ3n) is 6.69. The molecule has 2 bridgehead atoms. The topological polar surface area (TPSA) is 71.5 Å². The molecular formula is C29H42ClN5O2. The summed E-state index contributed by atoms with van der Waals surface area (Å²) in [5, 5.41) is 8.62. The van der Waals surface area contributed by atoms with Gasteiger partial charge in [0.25, 0.3) is 0 Å². The molecule has 7 nitrogen and oxygen atoms in total. The Hall–Kier alpha value is -2.61. The number of hydrogen-bond donors (Lipinski definition) is 2. The van der Waals surface area contributed by atoms with Crippen molar-refractivity contribution < 1.29 is 9.47 Å². The van der Waals surface area contributed by atoms with Crippen LogP contribution in [0.15, 0.2) is 53.0 Å². The van der Waals surface area contributed by atoms with Gasteiger partial charge in [0.2, 0.25) is 0 Å². The summed E-state index contributed by atoms with van der Waals surface area (Å²) in [4.78, 5) is 11.4. The van der Waals surface area contributed by atoms with Gasteiger partial charge in [-0.25, -0.2) is 9.97 Å². The fourth-order valence-corrected chi connectivity index (χ4v) is 4.74. The van der Waals surface area contributed by atoms with Crippen molar-refractivity contribution in [1.82, 2.24) is 20.2 Å². The summed E-state index contributed by atoms with van der Waals surface area (Å²) in [7, 11) is 3.81. The zero-order valence-electron chi connectivity index (χ0n) is 23.4. The second kappa shape index (κ2) is 12.8. The van der Waals surface area contributed by atoms with Crippen LogP contribution in [0.5, 0.6) is 11.5 Å². The van der Waals surface area contributed by atoms with E-state index in [1.54, 1.807) is 13.4 Å². The number of fused-ring (bicyclic) bond motifs is 1. The molecular weight excluding hydrogens is 486 g/mol. The number of allylic oxidation sites excluding steroid dienone is 4. The van der Waals surface area contributed by atoms with Gasteiger partial charge in [0.05, 0.1) is 12.6 Å². The molecule has 2 heterocycles. The number of nitrogens with one attached hydrogen (secondary N) is 2. The Balaban J connectivity index is 2.10. The van der Waals surface area contributed by atoms with E-state index in [9.17, 15) is 0 Å². The summed E-state index contributed by atoms with van der Waals surface area (Å²) in [6.07, 6.45) is 5.36. The zero-order chi connectivity index (χ0) is 27.2. The van der Waals surface area contributed by atoms with E-state index in [1.807, 2.05) is 19.1 Å². The van der Waals surface area contributed by atoms with Gasteiger partial charge in [-0.3, -0.25) is 0 Å². The van der Waals surface area contributed by atoms with Crippen molar-refractivity contribution >= 4 is 28.3 Å². The maximum atomic E-state index is 6.55. The summed E-state index contributed by atoms with van der Waals surface area (Å²) < 4.78 is 12.2. The highest BCUT2D eigenvalue weighted by atomic mass is 35.5. The van der Waals surface area contributed by atoms with Crippen LogP contribution in [0.4, 0.5) is 5.82 Å². The molecule has 1 atom stereocenters. The minimum absolute atomic E-state index is 0.379. The summed E-state index contributed by atoms with van der Waals surface area (Å²) in [5.41, 5.74) is 3.68. The van der Waals surface area contributed by atoms with Gasteiger partial charge < -0.3 is 25.0 Å². The fraction of sp³-hybridized carbons (Fsp3) is 0.517. The van der Waals surface area contributed by atoms with Crippen LogP contribution in [-0.2, 0) is 0 Å². The Bertz CT molecular complexity index is 1170. The van der Waals surface area contributed by atoms with Crippen LogP contribution in [0.25, 0.3) is 10.9 Å². The molecule has 1 aliphatic rings. The average Bonchev–Trinajstić information content (AvgIpc) is 2.82. The normalized spacial score (nSPS) is 22.3. The third-order valence-corrected chi connectivity index (χ3v) is 6.99. The number of ether oxygens (including phenoxy) is 2. The van der Waals surface area contributed by atoms with Crippen LogP contribution in [0.1, 0.15) is 47.5 Å². The molecule has 0 spiro atoms. The molecule has 0 saturated heterocycles. The molecule has 2 N–H and O–H groups in total. The van der Waals surface area contributed by atoms with Crippen LogP contribution < -0.4 is 20.1 Å². The molecule has 2 aromatic rings.